The minimum absolute atomic E-state index is 0.185. The van der Waals surface area contributed by atoms with Crippen molar-refractivity contribution in [1.82, 2.24) is 10.2 Å². The van der Waals surface area contributed by atoms with Crippen LogP contribution in [0.3, 0.4) is 0 Å². The van der Waals surface area contributed by atoms with Crippen LogP contribution in [0.2, 0.25) is 0 Å². The van der Waals surface area contributed by atoms with Crippen LogP contribution in [0.1, 0.15) is 70.3 Å². The van der Waals surface area contributed by atoms with E-state index in [1.54, 1.807) is 0 Å². The summed E-state index contributed by atoms with van der Waals surface area (Å²) in [4.78, 5) is 37.8. The van der Waals surface area contributed by atoms with Gasteiger partial charge >= 0.3 is 12.1 Å². The highest BCUT2D eigenvalue weighted by molar-refractivity contribution is 7.39. The van der Waals surface area contributed by atoms with E-state index in [2.05, 4.69) is 12.2 Å². The number of alkyl carbamates (subject to hydrolysis) is 1. The average Bonchev–Trinajstić information content (AvgIpc) is 3.35. The maximum Gasteiger partial charge on any atom is 0.407 e. The first-order valence-electron chi connectivity index (χ1n) is 12.6. The smallest absolute Gasteiger partial charge is 0.407 e. The van der Waals surface area contributed by atoms with Crippen LogP contribution in [-0.2, 0) is 30.0 Å². The standard InChI is InChI=1S/C25H39N2O7P/c1-2-3-4-10-18-35(32)34-22(23(28)27-17-11-14-21(27)24(29)30)15-8-9-16-26-25(31)33-19-20-12-6-5-7-13-20/h5-7,12-13,21-22,35H,2-4,8-11,14-19H2,1H3,(H,26,31)(H,29,30)/t21-,22-/m0/s1. The number of carbonyl (C=O) groups is 3. The first-order chi connectivity index (χ1) is 16.9. The molecule has 1 aromatic carbocycles. The Morgan fingerprint density at radius 2 is 1.91 bits per heavy atom. The molecule has 0 spiro atoms. The van der Waals surface area contributed by atoms with Gasteiger partial charge in [0, 0.05) is 19.3 Å². The monoisotopic (exact) mass is 510 g/mol. The molecule has 196 valence electrons. The highest BCUT2D eigenvalue weighted by Gasteiger charge is 2.37. The largest absolute Gasteiger partial charge is 0.480 e. The minimum Gasteiger partial charge on any atom is -0.480 e. The Hall–Kier alpha value is -2.38. The summed E-state index contributed by atoms with van der Waals surface area (Å²) in [5.74, 6) is -1.43. The molecule has 2 amide bonds. The SMILES string of the molecule is CCCCCC[PH](=O)O[C@@H](CCCCNC(=O)OCc1ccccc1)C(=O)N1CCC[C@H]1C(=O)O. The third kappa shape index (κ3) is 10.8. The van der Waals surface area contributed by atoms with E-state index in [-0.39, 0.29) is 6.61 Å². The molecule has 1 heterocycles. The molecule has 35 heavy (non-hydrogen) atoms. The zero-order chi connectivity index (χ0) is 25.5. The normalized spacial score (nSPS) is 17.1. The summed E-state index contributed by atoms with van der Waals surface area (Å²) in [6.07, 6.45) is 5.32. The molecular weight excluding hydrogens is 471 g/mol. The van der Waals surface area contributed by atoms with Gasteiger partial charge in [0.05, 0.1) is 0 Å². The maximum atomic E-state index is 13.1. The lowest BCUT2D eigenvalue weighted by atomic mass is 10.1. The van der Waals surface area contributed by atoms with Gasteiger partial charge in [-0.25, -0.2) is 9.59 Å². The lowest BCUT2D eigenvalue weighted by Gasteiger charge is -2.26. The highest BCUT2D eigenvalue weighted by Crippen LogP contribution is 2.30. The quantitative estimate of drug-likeness (QED) is 0.246. The summed E-state index contributed by atoms with van der Waals surface area (Å²) in [7, 11) is -2.40. The second-order valence-corrected chi connectivity index (χ2v) is 10.3. The number of nitrogens with one attached hydrogen (secondary N) is 1. The van der Waals surface area contributed by atoms with Gasteiger partial charge in [0.15, 0.2) is 8.03 Å². The number of benzene rings is 1. The van der Waals surface area contributed by atoms with Crippen LogP contribution < -0.4 is 5.32 Å². The average molecular weight is 511 g/mol. The summed E-state index contributed by atoms with van der Waals surface area (Å²) in [6, 6.07) is 8.51. The fourth-order valence-electron chi connectivity index (χ4n) is 4.04. The lowest BCUT2D eigenvalue weighted by molar-refractivity contribution is -0.151. The molecule has 0 bridgehead atoms. The van der Waals surface area contributed by atoms with Crippen molar-refractivity contribution >= 4 is 26.0 Å². The maximum absolute atomic E-state index is 13.1. The first-order valence-corrected chi connectivity index (χ1v) is 14.1. The van der Waals surface area contributed by atoms with Crippen molar-refractivity contribution in [2.24, 2.45) is 0 Å². The molecule has 1 unspecified atom stereocenters. The second kappa shape index (κ2) is 16.3. The molecule has 1 saturated heterocycles. The van der Waals surface area contributed by atoms with Gasteiger partial charge in [0.1, 0.15) is 18.8 Å². The minimum atomic E-state index is -2.40. The van der Waals surface area contributed by atoms with E-state index in [1.807, 2.05) is 30.3 Å². The van der Waals surface area contributed by atoms with E-state index >= 15 is 0 Å². The number of unbranched alkanes of at least 4 members (excludes halogenated alkanes) is 4. The lowest BCUT2D eigenvalue weighted by Crippen LogP contribution is -2.45. The Bertz CT molecular complexity index is 821. The molecule has 2 rings (SSSR count). The zero-order valence-corrected chi connectivity index (χ0v) is 21.6. The number of carboxylic acid groups (broad SMARTS) is 1. The number of nitrogens with zero attached hydrogens (tertiary/aromatic N) is 1. The van der Waals surface area contributed by atoms with E-state index in [0.717, 1.165) is 31.2 Å². The van der Waals surface area contributed by atoms with Gasteiger partial charge in [0.25, 0.3) is 5.91 Å². The fraction of sp³-hybridized carbons (Fsp3) is 0.640. The number of amides is 2. The predicted octanol–water partition coefficient (Wildman–Crippen LogP) is 4.60. The van der Waals surface area contributed by atoms with Crippen LogP contribution in [0.25, 0.3) is 0 Å². The van der Waals surface area contributed by atoms with Gasteiger partial charge in [-0.05, 0) is 44.1 Å². The van der Waals surface area contributed by atoms with E-state index in [1.165, 1.54) is 4.90 Å². The summed E-state index contributed by atoms with van der Waals surface area (Å²) in [5.41, 5.74) is 0.896. The van der Waals surface area contributed by atoms with Crippen molar-refractivity contribution in [2.75, 3.05) is 19.3 Å². The Kier molecular flexibility index (Phi) is 13.5. The third-order valence-electron chi connectivity index (χ3n) is 5.98. The van der Waals surface area contributed by atoms with Gasteiger partial charge in [-0.2, -0.15) is 0 Å². The van der Waals surface area contributed by atoms with E-state index < -0.39 is 38.1 Å². The third-order valence-corrected chi connectivity index (χ3v) is 7.29. The van der Waals surface area contributed by atoms with Crippen LogP contribution in [0.15, 0.2) is 30.3 Å². The van der Waals surface area contributed by atoms with Crippen molar-refractivity contribution in [3.63, 3.8) is 0 Å². The Morgan fingerprint density at radius 3 is 2.63 bits per heavy atom. The number of hydrogen-bond acceptors (Lipinski definition) is 6. The second-order valence-electron chi connectivity index (χ2n) is 8.80. The Balaban J connectivity index is 1.79. The molecule has 1 aliphatic rings. The molecule has 3 atom stereocenters. The molecule has 0 saturated carbocycles. The molecule has 0 radical (unpaired) electrons. The molecule has 0 aromatic heterocycles. The van der Waals surface area contributed by atoms with Crippen molar-refractivity contribution < 1.29 is 33.3 Å². The van der Waals surface area contributed by atoms with Crippen LogP contribution in [-0.4, -0.2) is 59.4 Å². The molecule has 1 fully saturated rings. The Morgan fingerprint density at radius 1 is 1.14 bits per heavy atom. The Labute approximate surface area is 208 Å². The zero-order valence-electron chi connectivity index (χ0n) is 20.6. The number of hydrogen-bond donors (Lipinski definition) is 2. The fourth-order valence-corrected chi connectivity index (χ4v) is 5.23. The number of likely N-dealkylation sites (tertiary alicyclic amines) is 1. The van der Waals surface area contributed by atoms with Gasteiger partial charge < -0.3 is 24.6 Å². The summed E-state index contributed by atoms with van der Waals surface area (Å²) < 4.78 is 23.4. The molecule has 2 N–H and O–H groups in total. The topological polar surface area (TPSA) is 122 Å². The first kappa shape index (κ1) is 28.9. The van der Waals surface area contributed by atoms with Gasteiger partial charge in [0.2, 0.25) is 0 Å². The summed E-state index contributed by atoms with van der Waals surface area (Å²) in [5, 5.41) is 12.1. The van der Waals surface area contributed by atoms with Crippen LogP contribution in [0.5, 0.6) is 0 Å². The van der Waals surface area contributed by atoms with Gasteiger partial charge in [-0.15, -0.1) is 0 Å². The van der Waals surface area contributed by atoms with Crippen molar-refractivity contribution in [3.05, 3.63) is 35.9 Å². The molecule has 1 aliphatic heterocycles. The predicted molar refractivity (Wildman–Crippen MR) is 134 cm³/mol. The molecular formula is C25H39N2O7P. The molecule has 10 heteroatoms. The molecule has 1 aromatic rings. The van der Waals surface area contributed by atoms with E-state index in [0.29, 0.717) is 51.4 Å². The molecule has 9 nitrogen and oxygen atoms in total. The van der Waals surface area contributed by atoms with Crippen molar-refractivity contribution in [2.45, 2.75) is 83.5 Å². The summed E-state index contributed by atoms with van der Waals surface area (Å²) in [6.45, 7) is 3.01. The highest BCUT2D eigenvalue weighted by atomic mass is 31.1. The van der Waals surface area contributed by atoms with E-state index in [9.17, 15) is 24.1 Å². The summed E-state index contributed by atoms with van der Waals surface area (Å²) >= 11 is 0. The number of ether oxygens (including phenoxy) is 1. The van der Waals surface area contributed by atoms with Gasteiger partial charge in [-0.3, -0.25) is 9.36 Å². The van der Waals surface area contributed by atoms with E-state index in [4.69, 9.17) is 9.26 Å². The number of carboxylic acids is 1. The van der Waals surface area contributed by atoms with Crippen LogP contribution in [0.4, 0.5) is 4.79 Å². The van der Waals surface area contributed by atoms with Crippen LogP contribution >= 0.6 is 8.03 Å². The van der Waals surface area contributed by atoms with Crippen LogP contribution in [0, 0.1) is 0 Å². The van der Waals surface area contributed by atoms with Crippen molar-refractivity contribution in [1.29, 1.82) is 0 Å². The van der Waals surface area contributed by atoms with Crippen molar-refractivity contribution in [3.8, 4) is 0 Å². The number of rotatable bonds is 16. The number of aliphatic carboxylic acids is 1. The number of carbonyl (C=O) groups excluding carboxylic acids is 2. The molecule has 0 aliphatic carbocycles. The van der Waals surface area contributed by atoms with Gasteiger partial charge in [-0.1, -0.05) is 56.5 Å².